The fourth-order valence-corrected chi connectivity index (χ4v) is 2.62. The quantitative estimate of drug-likeness (QED) is 0.661. The van der Waals surface area contributed by atoms with Gasteiger partial charge >= 0.3 is 0 Å². The Labute approximate surface area is 113 Å². The molecule has 5 heteroatoms. The minimum absolute atomic E-state index is 0.0571. The predicted octanol–water partition coefficient (Wildman–Crippen LogP) is 3.91. The number of benzene rings is 2. The SMILES string of the molecule is N=C(N)c1ccc(Sc2ccc(F)cc2)cc1Cl. The van der Waals surface area contributed by atoms with Crippen molar-refractivity contribution in [2.75, 3.05) is 0 Å². The third kappa shape index (κ3) is 3.03. The molecule has 3 N–H and O–H groups in total. The summed E-state index contributed by atoms with van der Waals surface area (Å²) in [5.74, 6) is -0.317. The Morgan fingerprint density at radius 2 is 1.72 bits per heavy atom. The van der Waals surface area contributed by atoms with E-state index in [9.17, 15) is 4.39 Å². The van der Waals surface area contributed by atoms with E-state index in [-0.39, 0.29) is 11.7 Å². The van der Waals surface area contributed by atoms with Crippen molar-refractivity contribution in [1.29, 1.82) is 5.41 Å². The summed E-state index contributed by atoms with van der Waals surface area (Å²) < 4.78 is 12.8. The van der Waals surface area contributed by atoms with Crippen molar-refractivity contribution < 1.29 is 4.39 Å². The van der Waals surface area contributed by atoms with Crippen molar-refractivity contribution in [1.82, 2.24) is 0 Å². The van der Waals surface area contributed by atoms with Crippen LogP contribution in [-0.2, 0) is 0 Å². The second-order valence-electron chi connectivity index (χ2n) is 3.61. The topological polar surface area (TPSA) is 49.9 Å². The van der Waals surface area contributed by atoms with Crippen LogP contribution in [-0.4, -0.2) is 5.84 Å². The van der Waals surface area contributed by atoms with Gasteiger partial charge in [-0.1, -0.05) is 23.4 Å². The summed E-state index contributed by atoms with van der Waals surface area (Å²) in [4.78, 5) is 1.83. The first-order valence-corrected chi connectivity index (χ1v) is 6.33. The minimum Gasteiger partial charge on any atom is -0.384 e. The molecule has 0 fully saturated rings. The Morgan fingerprint density at radius 3 is 2.28 bits per heavy atom. The highest BCUT2D eigenvalue weighted by Crippen LogP contribution is 2.30. The highest BCUT2D eigenvalue weighted by molar-refractivity contribution is 7.99. The van der Waals surface area contributed by atoms with E-state index in [1.807, 2.05) is 6.07 Å². The summed E-state index contributed by atoms with van der Waals surface area (Å²) in [5.41, 5.74) is 5.90. The molecule has 0 heterocycles. The average molecular weight is 281 g/mol. The zero-order valence-corrected chi connectivity index (χ0v) is 10.9. The van der Waals surface area contributed by atoms with Gasteiger partial charge in [-0.2, -0.15) is 0 Å². The molecule has 0 aliphatic carbocycles. The smallest absolute Gasteiger partial charge is 0.124 e. The van der Waals surface area contributed by atoms with Crippen LogP contribution in [0, 0.1) is 11.2 Å². The van der Waals surface area contributed by atoms with Crippen LogP contribution in [0.4, 0.5) is 4.39 Å². The van der Waals surface area contributed by atoms with E-state index in [0.29, 0.717) is 10.6 Å². The molecule has 0 spiro atoms. The number of rotatable bonds is 3. The molecule has 2 rings (SSSR count). The fraction of sp³-hybridized carbons (Fsp3) is 0. The fourth-order valence-electron chi connectivity index (χ4n) is 1.42. The number of hydrogen-bond acceptors (Lipinski definition) is 2. The van der Waals surface area contributed by atoms with Crippen molar-refractivity contribution in [3.05, 3.63) is 58.9 Å². The molecule has 0 radical (unpaired) electrons. The number of amidine groups is 1. The molecule has 0 unspecified atom stereocenters. The first-order valence-electron chi connectivity index (χ1n) is 5.13. The lowest BCUT2D eigenvalue weighted by Crippen LogP contribution is -2.11. The number of nitrogens with one attached hydrogen (secondary N) is 1. The maximum atomic E-state index is 12.8. The molecule has 2 aromatic carbocycles. The third-order valence-corrected chi connectivity index (χ3v) is 3.59. The van der Waals surface area contributed by atoms with E-state index >= 15 is 0 Å². The molecular formula is C13H10ClFN2S. The van der Waals surface area contributed by atoms with Gasteiger partial charge in [0.25, 0.3) is 0 Å². The van der Waals surface area contributed by atoms with E-state index in [0.717, 1.165) is 9.79 Å². The molecule has 0 aromatic heterocycles. The predicted molar refractivity (Wildman–Crippen MR) is 73.0 cm³/mol. The molecule has 0 aliphatic rings. The summed E-state index contributed by atoms with van der Waals surface area (Å²) in [5, 5.41) is 7.78. The summed E-state index contributed by atoms with van der Waals surface area (Å²) >= 11 is 7.49. The van der Waals surface area contributed by atoms with Crippen LogP contribution < -0.4 is 5.73 Å². The molecule has 2 aromatic rings. The molecule has 2 nitrogen and oxygen atoms in total. The number of halogens is 2. The van der Waals surface area contributed by atoms with E-state index in [1.165, 1.54) is 23.9 Å². The van der Waals surface area contributed by atoms with Crippen LogP contribution >= 0.6 is 23.4 Å². The first-order chi connectivity index (χ1) is 8.56. The molecule has 0 atom stereocenters. The lowest BCUT2D eigenvalue weighted by molar-refractivity contribution is 0.626. The molecule has 0 saturated heterocycles. The van der Waals surface area contributed by atoms with Crippen LogP contribution in [0.25, 0.3) is 0 Å². The van der Waals surface area contributed by atoms with E-state index in [4.69, 9.17) is 22.7 Å². The molecule has 0 saturated carbocycles. The summed E-state index contributed by atoms with van der Waals surface area (Å²) in [7, 11) is 0. The molecular weight excluding hydrogens is 271 g/mol. The normalized spacial score (nSPS) is 10.3. The van der Waals surface area contributed by atoms with Crippen molar-refractivity contribution in [3.63, 3.8) is 0 Å². The highest BCUT2D eigenvalue weighted by Gasteiger charge is 2.05. The maximum absolute atomic E-state index is 12.8. The minimum atomic E-state index is -0.260. The third-order valence-electron chi connectivity index (χ3n) is 2.28. The average Bonchev–Trinajstić information content (AvgIpc) is 2.32. The van der Waals surface area contributed by atoms with Crippen LogP contribution in [0.5, 0.6) is 0 Å². The Morgan fingerprint density at radius 1 is 1.11 bits per heavy atom. The van der Waals surface area contributed by atoms with Crippen molar-refractivity contribution in [2.24, 2.45) is 5.73 Å². The van der Waals surface area contributed by atoms with E-state index in [1.54, 1.807) is 24.3 Å². The van der Waals surface area contributed by atoms with Crippen molar-refractivity contribution in [3.8, 4) is 0 Å². The Bertz CT molecular complexity index is 584. The first kappa shape index (κ1) is 12.9. The largest absolute Gasteiger partial charge is 0.384 e. The zero-order chi connectivity index (χ0) is 13.1. The van der Waals surface area contributed by atoms with Gasteiger partial charge in [-0.25, -0.2) is 4.39 Å². The van der Waals surface area contributed by atoms with Crippen molar-refractivity contribution in [2.45, 2.75) is 9.79 Å². The van der Waals surface area contributed by atoms with Gasteiger partial charge in [-0.3, -0.25) is 5.41 Å². The summed E-state index contributed by atoms with van der Waals surface area (Å²) in [6, 6.07) is 11.5. The zero-order valence-electron chi connectivity index (χ0n) is 9.28. The van der Waals surface area contributed by atoms with E-state index < -0.39 is 0 Å². The van der Waals surface area contributed by atoms with E-state index in [2.05, 4.69) is 0 Å². The van der Waals surface area contributed by atoms with Gasteiger partial charge in [-0.05, 0) is 42.5 Å². The second-order valence-corrected chi connectivity index (χ2v) is 5.17. The Hall–Kier alpha value is -1.52. The Balaban J connectivity index is 2.22. The molecule has 0 amide bonds. The molecule has 0 bridgehead atoms. The number of nitrogens with two attached hydrogens (primary N) is 1. The lowest BCUT2D eigenvalue weighted by Gasteiger charge is -2.05. The van der Waals surface area contributed by atoms with Crippen LogP contribution in [0.3, 0.4) is 0 Å². The van der Waals surface area contributed by atoms with Crippen molar-refractivity contribution >= 4 is 29.2 Å². The van der Waals surface area contributed by atoms with Crippen LogP contribution in [0.2, 0.25) is 5.02 Å². The van der Waals surface area contributed by atoms with Gasteiger partial charge in [0.1, 0.15) is 11.7 Å². The second kappa shape index (κ2) is 5.42. The van der Waals surface area contributed by atoms with Gasteiger partial charge < -0.3 is 5.73 Å². The lowest BCUT2D eigenvalue weighted by atomic mass is 10.2. The van der Waals surface area contributed by atoms with Gasteiger partial charge in [0, 0.05) is 15.4 Å². The molecule has 0 aliphatic heterocycles. The highest BCUT2D eigenvalue weighted by atomic mass is 35.5. The van der Waals surface area contributed by atoms with Gasteiger partial charge in [0.15, 0.2) is 0 Å². The molecule has 18 heavy (non-hydrogen) atoms. The Kier molecular flexibility index (Phi) is 3.89. The number of hydrogen-bond donors (Lipinski definition) is 2. The standard InChI is InChI=1S/C13H10ClFN2S/c14-12-7-10(5-6-11(12)13(16)17)18-9-3-1-8(15)2-4-9/h1-7H,(H3,16,17). The van der Waals surface area contributed by atoms with Gasteiger partial charge in [-0.15, -0.1) is 0 Å². The van der Waals surface area contributed by atoms with Gasteiger partial charge in [0.2, 0.25) is 0 Å². The monoisotopic (exact) mass is 280 g/mol. The van der Waals surface area contributed by atoms with Crippen LogP contribution in [0.1, 0.15) is 5.56 Å². The summed E-state index contributed by atoms with van der Waals surface area (Å²) in [6.07, 6.45) is 0. The molecule has 92 valence electrons. The van der Waals surface area contributed by atoms with Gasteiger partial charge in [0.05, 0.1) is 5.02 Å². The summed E-state index contributed by atoms with van der Waals surface area (Å²) in [6.45, 7) is 0. The number of nitrogen functional groups attached to an aromatic ring is 1. The maximum Gasteiger partial charge on any atom is 0.124 e. The van der Waals surface area contributed by atoms with Crippen LogP contribution in [0.15, 0.2) is 52.3 Å².